The van der Waals surface area contributed by atoms with Gasteiger partial charge in [0.15, 0.2) is 0 Å². The summed E-state index contributed by atoms with van der Waals surface area (Å²) < 4.78 is 16.6. The normalized spacial score (nSPS) is 12.8. The third kappa shape index (κ3) is 5.39. The molecule has 0 atom stereocenters. The monoisotopic (exact) mass is 487 g/mol. The zero-order chi connectivity index (χ0) is 23.2. The van der Waals surface area contributed by atoms with Crippen LogP contribution in [0.4, 0.5) is 5.00 Å². The van der Waals surface area contributed by atoms with E-state index in [9.17, 15) is 9.59 Å². The van der Waals surface area contributed by atoms with Crippen LogP contribution in [0.3, 0.4) is 0 Å². The molecule has 1 N–H and O–H groups in total. The maximum atomic E-state index is 12.7. The van der Waals surface area contributed by atoms with Gasteiger partial charge in [-0.3, -0.25) is 4.79 Å². The molecule has 1 aliphatic rings. The number of thiophene rings is 1. The SMILES string of the molecule is CCOC(=O)c1c(NC(=O)CSc2nnc(-c3ccccc3OCC)o2)sc2c1CCCC2. The van der Waals surface area contributed by atoms with Gasteiger partial charge >= 0.3 is 5.97 Å². The maximum absolute atomic E-state index is 12.7. The molecule has 10 heteroatoms. The van der Waals surface area contributed by atoms with Crippen LogP contribution < -0.4 is 10.1 Å². The number of fused-ring (bicyclic) bond motifs is 1. The zero-order valence-corrected chi connectivity index (χ0v) is 20.1. The van der Waals surface area contributed by atoms with E-state index < -0.39 is 0 Å². The lowest BCUT2D eigenvalue weighted by molar-refractivity contribution is -0.113. The van der Waals surface area contributed by atoms with Gasteiger partial charge in [-0.1, -0.05) is 23.9 Å². The molecule has 33 heavy (non-hydrogen) atoms. The van der Waals surface area contributed by atoms with Crippen molar-refractivity contribution in [2.24, 2.45) is 0 Å². The molecule has 2 aromatic heterocycles. The number of anilines is 1. The molecule has 0 saturated heterocycles. The number of benzene rings is 1. The van der Waals surface area contributed by atoms with Crippen molar-refractivity contribution in [3.8, 4) is 17.2 Å². The summed E-state index contributed by atoms with van der Waals surface area (Å²) in [5, 5.41) is 11.8. The highest BCUT2D eigenvalue weighted by Gasteiger charge is 2.27. The number of amides is 1. The second-order valence-electron chi connectivity index (χ2n) is 7.27. The van der Waals surface area contributed by atoms with Crippen molar-refractivity contribution in [2.75, 3.05) is 24.3 Å². The first-order valence-corrected chi connectivity index (χ1v) is 12.7. The molecule has 2 heterocycles. The van der Waals surface area contributed by atoms with Gasteiger partial charge in [-0.25, -0.2) is 4.79 Å². The van der Waals surface area contributed by atoms with Crippen LogP contribution in [-0.4, -0.2) is 41.0 Å². The summed E-state index contributed by atoms with van der Waals surface area (Å²) in [6.07, 6.45) is 3.87. The van der Waals surface area contributed by atoms with Crippen LogP contribution in [0.1, 0.15) is 47.5 Å². The Morgan fingerprint density at radius 1 is 1.15 bits per heavy atom. The predicted octanol–water partition coefficient (Wildman–Crippen LogP) is 4.98. The fourth-order valence-corrected chi connectivity index (χ4v) is 5.52. The van der Waals surface area contributed by atoms with Crippen molar-refractivity contribution in [3.05, 3.63) is 40.3 Å². The van der Waals surface area contributed by atoms with Gasteiger partial charge in [-0.2, -0.15) is 0 Å². The van der Waals surface area contributed by atoms with Crippen LogP contribution in [0.25, 0.3) is 11.5 Å². The number of thioether (sulfide) groups is 1. The lowest BCUT2D eigenvalue weighted by Crippen LogP contribution is -2.17. The third-order valence-electron chi connectivity index (χ3n) is 5.05. The summed E-state index contributed by atoms with van der Waals surface area (Å²) in [5.74, 6) is 0.427. The molecule has 174 valence electrons. The first-order chi connectivity index (χ1) is 16.1. The molecular weight excluding hydrogens is 462 g/mol. The second-order valence-corrected chi connectivity index (χ2v) is 9.31. The lowest BCUT2D eigenvalue weighted by atomic mass is 9.95. The molecular formula is C23H25N3O5S2. The van der Waals surface area contributed by atoms with Gasteiger partial charge in [0.2, 0.25) is 5.91 Å². The van der Waals surface area contributed by atoms with E-state index in [4.69, 9.17) is 13.9 Å². The minimum absolute atomic E-state index is 0.0690. The van der Waals surface area contributed by atoms with Crippen LogP contribution in [0.2, 0.25) is 0 Å². The highest BCUT2D eigenvalue weighted by Crippen LogP contribution is 2.39. The number of nitrogens with zero attached hydrogens (tertiary/aromatic N) is 2. The Labute approximate surface area is 200 Å². The van der Waals surface area contributed by atoms with Crippen molar-refractivity contribution in [1.29, 1.82) is 0 Å². The summed E-state index contributed by atoms with van der Waals surface area (Å²) in [4.78, 5) is 26.4. The minimum atomic E-state index is -0.380. The molecule has 4 rings (SSSR count). The van der Waals surface area contributed by atoms with Crippen LogP contribution in [-0.2, 0) is 22.4 Å². The predicted molar refractivity (Wildman–Crippen MR) is 127 cm³/mol. The van der Waals surface area contributed by atoms with Crippen molar-refractivity contribution >= 4 is 40.0 Å². The number of hydrogen-bond donors (Lipinski definition) is 1. The molecule has 0 radical (unpaired) electrons. The summed E-state index contributed by atoms with van der Waals surface area (Å²) in [6.45, 7) is 4.49. The number of nitrogens with one attached hydrogen (secondary N) is 1. The molecule has 0 saturated carbocycles. The van der Waals surface area contributed by atoms with Gasteiger partial charge in [-0.15, -0.1) is 21.5 Å². The highest BCUT2D eigenvalue weighted by atomic mass is 32.2. The Morgan fingerprint density at radius 3 is 2.79 bits per heavy atom. The van der Waals surface area contributed by atoms with Crippen LogP contribution in [0.15, 0.2) is 33.9 Å². The molecule has 3 aromatic rings. The van der Waals surface area contributed by atoms with Crippen molar-refractivity contribution < 1.29 is 23.5 Å². The largest absolute Gasteiger partial charge is 0.493 e. The Hall–Kier alpha value is -2.85. The molecule has 0 spiro atoms. The fourth-order valence-electron chi connectivity index (χ4n) is 3.66. The molecule has 1 aromatic carbocycles. The summed E-state index contributed by atoms with van der Waals surface area (Å²) in [5.41, 5.74) is 2.22. The van der Waals surface area contributed by atoms with Gasteiger partial charge in [0.25, 0.3) is 11.1 Å². The van der Waals surface area contributed by atoms with Gasteiger partial charge < -0.3 is 19.2 Å². The average molecular weight is 488 g/mol. The number of aryl methyl sites for hydroxylation is 1. The van der Waals surface area contributed by atoms with E-state index in [1.54, 1.807) is 6.92 Å². The molecule has 0 bridgehead atoms. The van der Waals surface area contributed by atoms with E-state index in [1.807, 2.05) is 31.2 Å². The molecule has 1 aliphatic carbocycles. The van der Waals surface area contributed by atoms with Crippen LogP contribution in [0, 0.1) is 0 Å². The smallest absolute Gasteiger partial charge is 0.341 e. The molecule has 0 fully saturated rings. The highest BCUT2D eigenvalue weighted by molar-refractivity contribution is 7.99. The molecule has 8 nitrogen and oxygen atoms in total. The van der Waals surface area contributed by atoms with E-state index in [0.717, 1.165) is 47.9 Å². The van der Waals surface area contributed by atoms with Gasteiger partial charge in [-0.05, 0) is 57.2 Å². The number of carbonyl (C=O) groups excluding carboxylic acids is 2. The number of carbonyl (C=O) groups is 2. The maximum Gasteiger partial charge on any atom is 0.341 e. The number of para-hydroxylation sites is 1. The van der Waals surface area contributed by atoms with E-state index >= 15 is 0 Å². The van der Waals surface area contributed by atoms with Crippen LogP contribution >= 0.6 is 23.1 Å². The van der Waals surface area contributed by atoms with Crippen LogP contribution in [0.5, 0.6) is 5.75 Å². The first kappa shape index (κ1) is 23.3. The Balaban J connectivity index is 1.43. The minimum Gasteiger partial charge on any atom is -0.493 e. The number of rotatable bonds is 9. The van der Waals surface area contributed by atoms with Gasteiger partial charge in [0, 0.05) is 4.88 Å². The Morgan fingerprint density at radius 2 is 1.97 bits per heavy atom. The lowest BCUT2D eigenvalue weighted by Gasteiger charge is -2.12. The molecule has 1 amide bonds. The van der Waals surface area contributed by atoms with E-state index in [1.165, 1.54) is 11.3 Å². The zero-order valence-electron chi connectivity index (χ0n) is 18.5. The van der Waals surface area contributed by atoms with Gasteiger partial charge in [0.05, 0.1) is 30.1 Å². The third-order valence-corrected chi connectivity index (χ3v) is 7.08. The Kier molecular flexibility index (Phi) is 7.66. The number of hydrogen-bond acceptors (Lipinski definition) is 9. The van der Waals surface area contributed by atoms with E-state index in [2.05, 4.69) is 15.5 Å². The van der Waals surface area contributed by atoms with Gasteiger partial charge in [0.1, 0.15) is 10.8 Å². The van der Waals surface area contributed by atoms with Crippen molar-refractivity contribution in [3.63, 3.8) is 0 Å². The fraction of sp³-hybridized carbons (Fsp3) is 0.391. The van der Waals surface area contributed by atoms with E-state index in [-0.39, 0.29) is 22.9 Å². The topological polar surface area (TPSA) is 104 Å². The second kappa shape index (κ2) is 10.8. The van der Waals surface area contributed by atoms with Crippen molar-refractivity contribution in [2.45, 2.75) is 44.8 Å². The summed E-state index contributed by atoms with van der Waals surface area (Å²) in [7, 11) is 0. The number of ether oxygens (including phenoxy) is 2. The quantitative estimate of drug-likeness (QED) is 0.333. The van der Waals surface area contributed by atoms with Crippen molar-refractivity contribution in [1.82, 2.24) is 10.2 Å². The average Bonchev–Trinajstić information content (AvgIpc) is 3.43. The Bertz CT molecular complexity index is 1140. The number of esters is 1. The standard InChI is InChI=1S/C23H25N3O5S2/c1-3-29-16-11-7-5-9-14(16)20-25-26-23(31-20)32-13-18(27)24-21-19(22(28)30-4-2)15-10-6-8-12-17(15)33-21/h5,7,9,11H,3-4,6,8,10,12-13H2,1-2H3,(H,24,27). The number of aromatic nitrogens is 2. The van der Waals surface area contributed by atoms with E-state index in [0.29, 0.717) is 41.0 Å². The summed E-state index contributed by atoms with van der Waals surface area (Å²) in [6, 6.07) is 7.42. The molecule has 0 unspecified atom stereocenters. The first-order valence-electron chi connectivity index (χ1n) is 10.9. The molecule has 0 aliphatic heterocycles. The summed E-state index contributed by atoms with van der Waals surface area (Å²) >= 11 is 2.60.